The molecule has 0 atom stereocenters. The fraction of sp³-hybridized carbons (Fsp3) is 0.261. The molecule has 1 amide bonds. The number of carbonyl (C=O) groups excluding carboxylic acids is 1. The number of halogens is 1. The third kappa shape index (κ3) is 6.21. The van der Waals surface area contributed by atoms with E-state index in [0.29, 0.717) is 23.5 Å². The van der Waals surface area contributed by atoms with E-state index in [-0.39, 0.29) is 23.0 Å². The Bertz CT molecular complexity index is 1250. The molecule has 0 fully saturated rings. The zero-order valence-corrected chi connectivity index (χ0v) is 20.0. The first-order chi connectivity index (χ1) is 15.7. The van der Waals surface area contributed by atoms with Gasteiger partial charge < -0.3 is 14.8 Å². The fourth-order valence-corrected chi connectivity index (χ4v) is 4.45. The summed E-state index contributed by atoms with van der Waals surface area (Å²) in [5.74, 6) is 0.325. The molecule has 3 aromatic rings. The minimum Gasteiger partial charge on any atom is -0.493 e. The van der Waals surface area contributed by atoms with E-state index in [1.54, 1.807) is 32.4 Å². The summed E-state index contributed by atoms with van der Waals surface area (Å²) >= 11 is 6.08. The van der Waals surface area contributed by atoms with Gasteiger partial charge in [0.25, 0.3) is 5.91 Å². The molecular weight excluding hydrogens is 466 g/mol. The SMILES string of the molecule is COc1ccc(CCNC(=O)c2nc(S(=O)(=O)Cc3ccc(C)cc3)ncc2Cl)cc1OC. The van der Waals surface area contributed by atoms with E-state index in [0.717, 1.165) is 17.3 Å². The summed E-state index contributed by atoms with van der Waals surface area (Å²) in [6.45, 7) is 2.19. The van der Waals surface area contributed by atoms with Crippen molar-refractivity contribution >= 4 is 27.3 Å². The number of aryl methyl sites for hydroxylation is 1. The second-order valence-electron chi connectivity index (χ2n) is 7.29. The minimum absolute atomic E-state index is 0.0343. The first kappa shape index (κ1) is 24.5. The summed E-state index contributed by atoms with van der Waals surface area (Å²) < 4.78 is 36.0. The molecule has 0 unspecified atom stereocenters. The van der Waals surface area contributed by atoms with Crippen LogP contribution < -0.4 is 14.8 Å². The van der Waals surface area contributed by atoms with Crippen molar-refractivity contribution in [2.75, 3.05) is 20.8 Å². The predicted molar refractivity (Wildman–Crippen MR) is 125 cm³/mol. The first-order valence-corrected chi connectivity index (χ1v) is 12.1. The van der Waals surface area contributed by atoms with Crippen molar-refractivity contribution in [1.82, 2.24) is 15.3 Å². The van der Waals surface area contributed by atoms with Crippen LogP contribution in [0.4, 0.5) is 0 Å². The predicted octanol–water partition coefficient (Wildman–Crippen LogP) is 3.40. The minimum atomic E-state index is -3.86. The van der Waals surface area contributed by atoms with Crippen LogP contribution in [-0.4, -0.2) is 45.1 Å². The van der Waals surface area contributed by atoms with Gasteiger partial charge in [0.1, 0.15) is 0 Å². The molecule has 0 bridgehead atoms. The van der Waals surface area contributed by atoms with E-state index >= 15 is 0 Å². The van der Waals surface area contributed by atoms with Gasteiger partial charge in [0.05, 0.1) is 31.2 Å². The molecule has 1 heterocycles. The highest BCUT2D eigenvalue weighted by molar-refractivity contribution is 7.90. The van der Waals surface area contributed by atoms with Crippen molar-refractivity contribution < 1.29 is 22.7 Å². The van der Waals surface area contributed by atoms with Crippen LogP contribution in [0, 0.1) is 6.92 Å². The van der Waals surface area contributed by atoms with Gasteiger partial charge in [-0.2, -0.15) is 0 Å². The Labute approximate surface area is 197 Å². The first-order valence-electron chi connectivity index (χ1n) is 10.0. The molecule has 0 spiro atoms. The number of nitrogens with zero attached hydrogens (tertiary/aromatic N) is 2. The van der Waals surface area contributed by atoms with Crippen molar-refractivity contribution in [3.8, 4) is 11.5 Å². The number of amides is 1. The number of nitrogens with one attached hydrogen (secondary N) is 1. The summed E-state index contributed by atoms with van der Waals surface area (Å²) in [4.78, 5) is 20.4. The lowest BCUT2D eigenvalue weighted by atomic mass is 10.1. The summed E-state index contributed by atoms with van der Waals surface area (Å²) in [6, 6.07) is 12.6. The van der Waals surface area contributed by atoms with Gasteiger partial charge in [-0.3, -0.25) is 4.79 Å². The molecule has 3 rings (SSSR count). The summed E-state index contributed by atoms with van der Waals surface area (Å²) in [5, 5.41) is 2.23. The van der Waals surface area contributed by atoms with Crippen molar-refractivity contribution in [3.63, 3.8) is 0 Å². The monoisotopic (exact) mass is 489 g/mol. The molecule has 33 heavy (non-hydrogen) atoms. The lowest BCUT2D eigenvalue weighted by molar-refractivity contribution is 0.0948. The molecule has 0 saturated carbocycles. The molecule has 0 saturated heterocycles. The van der Waals surface area contributed by atoms with Crippen molar-refractivity contribution in [2.45, 2.75) is 24.3 Å². The lowest BCUT2D eigenvalue weighted by Gasteiger charge is -2.11. The van der Waals surface area contributed by atoms with E-state index in [4.69, 9.17) is 21.1 Å². The number of hydrogen-bond acceptors (Lipinski definition) is 7. The highest BCUT2D eigenvalue weighted by atomic mass is 35.5. The maximum Gasteiger partial charge on any atom is 0.271 e. The number of carbonyl (C=O) groups is 1. The van der Waals surface area contributed by atoms with Crippen molar-refractivity contribution in [1.29, 1.82) is 0 Å². The van der Waals surface area contributed by atoms with E-state index in [9.17, 15) is 13.2 Å². The Kier molecular flexibility index (Phi) is 7.88. The second kappa shape index (κ2) is 10.6. The van der Waals surface area contributed by atoms with Gasteiger partial charge in [-0.05, 0) is 36.6 Å². The smallest absolute Gasteiger partial charge is 0.271 e. The zero-order valence-electron chi connectivity index (χ0n) is 18.5. The molecular formula is C23H24ClN3O5S. The molecule has 0 radical (unpaired) electrons. The van der Waals surface area contributed by atoms with Gasteiger partial charge >= 0.3 is 0 Å². The lowest BCUT2D eigenvalue weighted by Crippen LogP contribution is -2.27. The number of benzene rings is 2. The molecule has 8 nitrogen and oxygen atoms in total. The van der Waals surface area contributed by atoms with Crippen LogP contribution in [0.15, 0.2) is 53.8 Å². The molecule has 1 N–H and O–H groups in total. The van der Waals surface area contributed by atoms with Gasteiger partial charge in [0, 0.05) is 6.54 Å². The average molecular weight is 490 g/mol. The van der Waals surface area contributed by atoms with Crippen LogP contribution in [0.25, 0.3) is 0 Å². The molecule has 1 aromatic heterocycles. The number of hydrogen-bond donors (Lipinski definition) is 1. The van der Waals surface area contributed by atoms with Gasteiger partial charge in [-0.15, -0.1) is 0 Å². The van der Waals surface area contributed by atoms with Gasteiger partial charge in [0.2, 0.25) is 15.0 Å². The zero-order chi connectivity index (χ0) is 24.0. The second-order valence-corrected chi connectivity index (χ2v) is 9.58. The Hall–Kier alpha value is -3.17. The normalized spacial score (nSPS) is 11.2. The molecule has 0 aliphatic carbocycles. The van der Waals surface area contributed by atoms with Gasteiger partial charge in [-0.1, -0.05) is 47.5 Å². The number of sulfone groups is 1. The maximum absolute atomic E-state index is 12.8. The molecule has 0 aliphatic heterocycles. The summed E-state index contributed by atoms with van der Waals surface area (Å²) in [6.07, 6.45) is 1.63. The van der Waals surface area contributed by atoms with Crippen LogP contribution in [0.5, 0.6) is 11.5 Å². The Morgan fingerprint density at radius 1 is 1.03 bits per heavy atom. The van der Waals surface area contributed by atoms with Crippen LogP contribution >= 0.6 is 11.6 Å². The largest absolute Gasteiger partial charge is 0.493 e. The van der Waals surface area contributed by atoms with Crippen molar-refractivity contribution in [2.24, 2.45) is 0 Å². The third-order valence-corrected chi connectivity index (χ3v) is 6.58. The maximum atomic E-state index is 12.8. The highest BCUT2D eigenvalue weighted by Gasteiger charge is 2.23. The average Bonchev–Trinajstić information content (AvgIpc) is 2.80. The number of rotatable bonds is 9. The Balaban J connectivity index is 1.69. The standard InChI is InChI=1S/C23H24ClN3O5S/c1-15-4-6-17(7-5-15)14-33(29,30)23-26-13-18(24)21(27-23)22(28)25-11-10-16-8-9-19(31-2)20(12-16)32-3/h4-9,12-13H,10-11,14H2,1-3H3,(H,25,28). The van der Waals surface area contributed by atoms with Crippen LogP contribution in [0.1, 0.15) is 27.2 Å². The highest BCUT2D eigenvalue weighted by Crippen LogP contribution is 2.27. The Morgan fingerprint density at radius 3 is 2.36 bits per heavy atom. The fourth-order valence-electron chi connectivity index (χ4n) is 3.07. The van der Waals surface area contributed by atoms with E-state index in [1.165, 1.54) is 0 Å². The molecule has 174 valence electrons. The quantitative estimate of drug-likeness (QED) is 0.459. The van der Waals surface area contributed by atoms with Crippen LogP contribution in [0.2, 0.25) is 5.02 Å². The van der Waals surface area contributed by atoms with Gasteiger partial charge in [-0.25, -0.2) is 18.4 Å². The van der Waals surface area contributed by atoms with Crippen LogP contribution in [-0.2, 0) is 22.0 Å². The molecule has 0 aliphatic rings. The van der Waals surface area contributed by atoms with E-state index in [2.05, 4.69) is 15.3 Å². The summed E-state index contributed by atoms with van der Waals surface area (Å²) in [7, 11) is -0.763. The number of methoxy groups -OCH3 is 2. The van der Waals surface area contributed by atoms with E-state index < -0.39 is 20.9 Å². The third-order valence-electron chi connectivity index (χ3n) is 4.84. The van der Waals surface area contributed by atoms with Crippen molar-refractivity contribution in [3.05, 3.63) is 76.1 Å². The number of ether oxygens (including phenoxy) is 2. The van der Waals surface area contributed by atoms with Crippen LogP contribution in [0.3, 0.4) is 0 Å². The topological polar surface area (TPSA) is 107 Å². The summed E-state index contributed by atoms with van der Waals surface area (Å²) in [5.41, 5.74) is 2.34. The van der Waals surface area contributed by atoms with Gasteiger partial charge in [0.15, 0.2) is 17.2 Å². The van der Waals surface area contributed by atoms with E-state index in [1.807, 2.05) is 31.2 Å². The molecule has 2 aromatic carbocycles. The number of aromatic nitrogens is 2. The molecule has 10 heteroatoms. The Morgan fingerprint density at radius 2 is 1.70 bits per heavy atom.